The van der Waals surface area contributed by atoms with Crippen LogP contribution in [-0.4, -0.2) is 15.0 Å². The zero-order chi connectivity index (χ0) is 19.2. The van der Waals surface area contributed by atoms with E-state index in [-0.39, 0.29) is 11.8 Å². The second-order valence-corrected chi connectivity index (χ2v) is 9.31. The van der Waals surface area contributed by atoms with Crippen molar-refractivity contribution in [3.05, 3.63) is 41.0 Å². The standard InChI is InChI=1S/C21H35NO2S/c1-8-9-10-11-12-22-25(23,24)21-19(16(4)5)13-18(15(2)3)14-20(21)17(6)7/h8-9,13-17,22H,10-12H2,1-7H3/b9-8-. The van der Waals surface area contributed by atoms with Crippen LogP contribution in [0.4, 0.5) is 0 Å². The van der Waals surface area contributed by atoms with Crippen LogP contribution >= 0.6 is 0 Å². The van der Waals surface area contributed by atoms with E-state index in [0.717, 1.165) is 24.0 Å². The molecule has 0 radical (unpaired) electrons. The van der Waals surface area contributed by atoms with Crippen LogP contribution < -0.4 is 4.72 Å². The number of hydrogen-bond acceptors (Lipinski definition) is 2. The Bertz CT molecular complexity index is 657. The van der Waals surface area contributed by atoms with Crippen molar-refractivity contribution in [1.29, 1.82) is 0 Å². The minimum atomic E-state index is -3.52. The van der Waals surface area contributed by atoms with Gasteiger partial charge in [-0.1, -0.05) is 65.8 Å². The second-order valence-electron chi connectivity index (χ2n) is 7.60. The lowest BCUT2D eigenvalue weighted by Gasteiger charge is -2.23. The van der Waals surface area contributed by atoms with Gasteiger partial charge in [-0.05, 0) is 54.2 Å². The van der Waals surface area contributed by atoms with Crippen molar-refractivity contribution in [2.75, 3.05) is 6.54 Å². The molecule has 0 spiro atoms. The highest BCUT2D eigenvalue weighted by Crippen LogP contribution is 2.34. The SMILES string of the molecule is C/C=C\CCCNS(=O)(=O)c1c(C(C)C)cc(C(C)C)cc1C(C)C. The summed E-state index contributed by atoms with van der Waals surface area (Å²) in [6, 6.07) is 4.16. The molecule has 0 unspecified atom stereocenters. The van der Waals surface area contributed by atoms with E-state index in [1.165, 1.54) is 5.56 Å². The van der Waals surface area contributed by atoms with Crippen LogP contribution in [0.2, 0.25) is 0 Å². The van der Waals surface area contributed by atoms with E-state index in [0.29, 0.717) is 17.4 Å². The lowest BCUT2D eigenvalue weighted by Crippen LogP contribution is -2.27. The van der Waals surface area contributed by atoms with Gasteiger partial charge in [-0.2, -0.15) is 0 Å². The van der Waals surface area contributed by atoms with Gasteiger partial charge in [0.2, 0.25) is 10.0 Å². The summed E-state index contributed by atoms with van der Waals surface area (Å²) >= 11 is 0. The molecule has 0 saturated carbocycles. The van der Waals surface area contributed by atoms with Crippen molar-refractivity contribution >= 4 is 10.0 Å². The summed E-state index contributed by atoms with van der Waals surface area (Å²) < 4.78 is 28.9. The van der Waals surface area contributed by atoms with E-state index in [9.17, 15) is 8.42 Å². The van der Waals surface area contributed by atoms with Gasteiger partial charge < -0.3 is 0 Å². The molecule has 1 aromatic carbocycles. The lowest BCUT2D eigenvalue weighted by molar-refractivity contribution is 0.574. The number of allylic oxidation sites excluding steroid dienone is 2. The van der Waals surface area contributed by atoms with E-state index < -0.39 is 10.0 Å². The van der Waals surface area contributed by atoms with Gasteiger partial charge in [0.25, 0.3) is 0 Å². The molecule has 0 saturated heterocycles. The Morgan fingerprint density at radius 3 is 1.88 bits per heavy atom. The first-order valence-electron chi connectivity index (χ1n) is 9.40. The van der Waals surface area contributed by atoms with Gasteiger partial charge in [0.05, 0.1) is 4.90 Å². The monoisotopic (exact) mass is 365 g/mol. The molecule has 0 atom stereocenters. The molecular weight excluding hydrogens is 330 g/mol. The van der Waals surface area contributed by atoms with Crippen LogP contribution in [-0.2, 0) is 10.0 Å². The maximum Gasteiger partial charge on any atom is 0.241 e. The highest BCUT2D eigenvalue weighted by molar-refractivity contribution is 7.89. The Balaban J connectivity index is 3.35. The van der Waals surface area contributed by atoms with E-state index >= 15 is 0 Å². The van der Waals surface area contributed by atoms with Crippen molar-refractivity contribution in [3.8, 4) is 0 Å². The van der Waals surface area contributed by atoms with Gasteiger partial charge in [-0.3, -0.25) is 0 Å². The van der Waals surface area contributed by atoms with Crippen molar-refractivity contribution in [2.24, 2.45) is 0 Å². The molecule has 3 nitrogen and oxygen atoms in total. The third-order valence-electron chi connectivity index (χ3n) is 4.42. The zero-order valence-electron chi connectivity index (χ0n) is 16.9. The van der Waals surface area contributed by atoms with E-state index in [4.69, 9.17) is 0 Å². The summed E-state index contributed by atoms with van der Waals surface area (Å²) in [7, 11) is -3.52. The fourth-order valence-electron chi connectivity index (χ4n) is 2.87. The lowest BCUT2D eigenvalue weighted by atomic mass is 9.89. The van der Waals surface area contributed by atoms with Gasteiger partial charge in [0.1, 0.15) is 0 Å². The summed E-state index contributed by atoms with van der Waals surface area (Å²) in [4.78, 5) is 0.493. The number of hydrogen-bond donors (Lipinski definition) is 1. The Morgan fingerprint density at radius 2 is 1.48 bits per heavy atom. The summed E-state index contributed by atoms with van der Waals surface area (Å²) in [6.07, 6.45) is 5.75. The highest BCUT2D eigenvalue weighted by Gasteiger charge is 2.26. The molecule has 25 heavy (non-hydrogen) atoms. The number of rotatable bonds is 9. The molecule has 0 amide bonds. The fourth-order valence-corrected chi connectivity index (χ4v) is 4.63. The fraction of sp³-hybridized carbons (Fsp3) is 0.619. The van der Waals surface area contributed by atoms with Crippen LogP contribution in [0.1, 0.15) is 95.8 Å². The molecule has 142 valence electrons. The Labute approximate surface area is 155 Å². The van der Waals surface area contributed by atoms with Gasteiger partial charge in [-0.15, -0.1) is 0 Å². The largest absolute Gasteiger partial charge is 0.241 e. The van der Waals surface area contributed by atoms with Crippen LogP contribution in [0.15, 0.2) is 29.2 Å². The van der Waals surface area contributed by atoms with Crippen molar-refractivity contribution in [2.45, 2.75) is 84.0 Å². The highest BCUT2D eigenvalue weighted by atomic mass is 32.2. The number of sulfonamides is 1. The van der Waals surface area contributed by atoms with Gasteiger partial charge >= 0.3 is 0 Å². The molecule has 0 bridgehead atoms. The van der Waals surface area contributed by atoms with E-state index in [1.807, 2.05) is 13.0 Å². The normalized spacial score (nSPS) is 12.9. The smallest absolute Gasteiger partial charge is 0.211 e. The average molecular weight is 366 g/mol. The number of unbranched alkanes of at least 4 members (excludes halogenated alkanes) is 1. The van der Waals surface area contributed by atoms with Crippen LogP contribution in [0.5, 0.6) is 0 Å². The molecule has 0 aliphatic carbocycles. The predicted molar refractivity (Wildman–Crippen MR) is 108 cm³/mol. The molecule has 0 aliphatic rings. The molecule has 1 N–H and O–H groups in total. The molecule has 4 heteroatoms. The molecule has 0 aliphatic heterocycles. The minimum Gasteiger partial charge on any atom is -0.211 e. The summed E-state index contributed by atoms with van der Waals surface area (Å²) in [6.45, 7) is 15.0. The summed E-state index contributed by atoms with van der Waals surface area (Å²) in [5.41, 5.74) is 3.06. The van der Waals surface area contributed by atoms with Crippen molar-refractivity contribution in [1.82, 2.24) is 4.72 Å². The first kappa shape index (κ1) is 21.9. The summed E-state index contributed by atoms with van der Waals surface area (Å²) in [5.74, 6) is 0.692. The molecule has 0 fully saturated rings. The first-order valence-corrected chi connectivity index (χ1v) is 10.9. The topological polar surface area (TPSA) is 46.2 Å². The van der Waals surface area contributed by atoms with Gasteiger partial charge in [0.15, 0.2) is 0 Å². The first-order chi connectivity index (χ1) is 11.6. The van der Waals surface area contributed by atoms with Crippen molar-refractivity contribution < 1.29 is 8.42 Å². The average Bonchev–Trinajstić information content (AvgIpc) is 2.53. The van der Waals surface area contributed by atoms with Crippen LogP contribution in [0.25, 0.3) is 0 Å². The zero-order valence-corrected chi connectivity index (χ0v) is 17.7. The summed E-state index contributed by atoms with van der Waals surface area (Å²) in [5, 5.41) is 0. The predicted octanol–water partition coefficient (Wildman–Crippen LogP) is 5.69. The Kier molecular flexibility index (Phi) is 8.36. The maximum absolute atomic E-state index is 13.1. The molecule has 1 rings (SSSR count). The molecule has 1 aromatic rings. The molecule has 0 heterocycles. The van der Waals surface area contributed by atoms with Gasteiger partial charge in [0, 0.05) is 6.54 Å². The number of benzene rings is 1. The Hall–Kier alpha value is -1.13. The maximum atomic E-state index is 13.1. The Morgan fingerprint density at radius 1 is 0.960 bits per heavy atom. The van der Waals surface area contributed by atoms with Crippen molar-refractivity contribution in [3.63, 3.8) is 0 Å². The second kappa shape index (κ2) is 9.54. The molecular formula is C21H35NO2S. The number of nitrogens with one attached hydrogen (secondary N) is 1. The van der Waals surface area contributed by atoms with Crippen LogP contribution in [0, 0.1) is 0 Å². The third-order valence-corrected chi connectivity index (χ3v) is 6.02. The quantitative estimate of drug-likeness (QED) is 0.451. The third kappa shape index (κ3) is 5.96. The van der Waals surface area contributed by atoms with E-state index in [1.54, 1.807) is 0 Å². The van der Waals surface area contributed by atoms with E-state index in [2.05, 4.69) is 64.5 Å². The van der Waals surface area contributed by atoms with Gasteiger partial charge in [-0.25, -0.2) is 13.1 Å². The molecule has 0 aromatic heterocycles. The van der Waals surface area contributed by atoms with Crippen LogP contribution in [0.3, 0.4) is 0 Å². The minimum absolute atomic E-state index is 0.158.